The van der Waals surface area contributed by atoms with Gasteiger partial charge in [0.2, 0.25) is 11.8 Å². The summed E-state index contributed by atoms with van der Waals surface area (Å²) in [6.45, 7) is 4.45. The first-order valence-electron chi connectivity index (χ1n) is 9.84. The van der Waals surface area contributed by atoms with Crippen LogP contribution in [0.1, 0.15) is 19.3 Å². The fourth-order valence-electron chi connectivity index (χ4n) is 4.45. The molecule has 3 N–H and O–H groups in total. The quantitative estimate of drug-likeness (QED) is 0.734. The summed E-state index contributed by atoms with van der Waals surface area (Å²) in [4.78, 5) is 35.4. The Kier molecular flexibility index (Phi) is 5.27. The molecule has 3 aliphatic rings. The number of nitrogens with one attached hydrogen (secondary N) is 1. The number of pyridine rings is 1. The van der Waals surface area contributed by atoms with Crippen LogP contribution >= 0.6 is 0 Å². The van der Waals surface area contributed by atoms with E-state index in [0.29, 0.717) is 19.4 Å². The topological polar surface area (TPSA) is 94.8 Å². The number of rotatable bonds is 4. The van der Waals surface area contributed by atoms with E-state index in [2.05, 4.69) is 20.1 Å². The lowest BCUT2D eigenvalue weighted by molar-refractivity contribution is -0.132. The summed E-state index contributed by atoms with van der Waals surface area (Å²) in [5.41, 5.74) is 6.05. The van der Waals surface area contributed by atoms with Crippen LogP contribution in [-0.4, -0.2) is 84.0 Å². The van der Waals surface area contributed by atoms with Gasteiger partial charge in [0.15, 0.2) is 0 Å². The lowest BCUT2D eigenvalue weighted by atomic mass is 10.0. The minimum Gasteiger partial charge on any atom is -0.353 e. The number of aromatic nitrogens is 1. The number of piperazine rings is 2. The van der Waals surface area contributed by atoms with Gasteiger partial charge in [0.1, 0.15) is 5.82 Å². The summed E-state index contributed by atoms with van der Waals surface area (Å²) in [6, 6.07) is 6.05. The molecule has 0 aromatic carbocycles. The van der Waals surface area contributed by atoms with Gasteiger partial charge >= 0.3 is 0 Å². The number of carbonyl (C=O) groups excluding carboxylic acids is 2. The van der Waals surface area contributed by atoms with Gasteiger partial charge in [-0.05, 0) is 25.0 Å². The van der Waals surface area contributed by atoms with Crippen LogP contribution in [0, 0.1) is 0 Å². The largest absolute Gasteiger partial charge is 0.353 e. The highest BCUT2D eigenvalue weighted by Crippen LogP contribution is 2.25. The van der Waals surface area contributed by atoms with Gasteiger partial charge in [-0.15, -0.1) is 0 Å². The molecule has 8 nitrogen and oxygen atoms in total. The average Bonchev–Trinajstić information content (AvgIpc) is 3.11. The van der Waals surface area contributed by atoms with Crippen molar-refractivity contribution in [1.29, 1.82) is 0 Å². The van der Waals surface area contributed by atoms with E-state index < -0.39 is 0 Å². The Bertz CT molecular complexity index is 676. The van der Waals surface area contributed by atoms with E-state index in [4.69, 9.17) is 5.73 Å². The molecule has 0 unspecified atom stereocenters. The Morgan fingerprint density at radius 1 is 1.26 bits per heavy atom. The zero-order valence-corrected chi connectivity index (χ0v) is 15.6. The number of anilines is 1. The molecule has 0 aliphatic carbocycles. The lowest BCUT2D eigenvalue weighted by Crippen LogP contribution is -2.58. The summed E-state index contributed by atoms with van der Waals surface area (Å²) < 4.78 is 0. The molecule has 0 bridgehead atoms. The minimum absolute atomic E-state index is 0.0525. The summed E-state index contributed by atoms with van der Waals surface area (Å²) in [5, 5.41) is 2.98. The van der Waals surface area contributed by atoms with E-state index in [1.54, 1.807) is 6.20 Å². The van der Waals surface area contributed by atoms with Gasteiger partial charge in [0, 0.05) is 64.0 Å². The van der Waals surface area contributed by atoms with Gasteiger partial charge in [-0.25, -0.2) is 4.98 Å². The molecule has 4 heterocycles. The van der Waals surface area contributed by atoms with Crippen LogP contribution in [0.15, 0.2) is 24.4 Å². The molecular weight excluding hydrogens is 344 g/mol. The molecule has 0 radical (unpaired) electrons. The number of carbonyl (C=O) groups is 2. The zero-order valence-electron chi connectivity index (χ0n) is 15.6. The van der Waals surface area contributed by atoms with Gasteiger partial charge < -0.3 is 20.9 Å². The number of hydrogen-bond donors (Lipinski definition) is 2. The highest BCUT2D eigenvalue weighted by molar-refractivity contribution is 5.83. The third-order valence-corrected chi connectivity index (χ3v) is 5.95. The lowest BCUT2D eigenvalue weighted by Gasteiger charge is -2.38. The second kappa shape index (κ2) is 7.82. The molecule has 1 aromatic heterocycles. The highest BCUT2D eigenvalue weighted by atomic mass is 16.2. The van der Waals surface area contributed by atoms with Crippen LogP contribution in [0.2, 0.25) is 0 Å². The molecule has 8 heteroatoms. The Morgan fingerprint density at radius 2 is 2.07 bits per heavy atom. The third-order valence-electron chi connectivity index (χ3n) is 5.95. The van der Waals surface area contributed by atoms with Crippen molar-refractivity contribution in [2.45, 2.75) is 37.4 Å². The smallest absolute Gasteiger partial charge is 0.237 e. The van der Waals surface area contributed by atoms with E-state index >= 15 is 0 Å². The van der Waals surface area contributed by atoms with E-state index in [1.807, 2.05) is 23.1 Å². The molecule has 3 aliphatic heterocycles. The van der Waals surface area contributed by atoms with Gasteiger partial charge in [-0.1, -0.05) is 6.07 Å². The summed E-state index contributed by atoms with van der Waals surface area (Å²) in [7, 11) is 0. The zero-order chi connectivity index (χ0) is 18.8. The van der Waals surface area contributed by atoms with Crippen LogP contribution in [0.4, 0.5) is 5.82 Å². The molecule has 4 rings (SSSR count). The first-order valence-corrected chi connectivity index (χ1v) is 9.84. The van der Waals surface area contributed by atoms with Crippen LogP contribution in [0.3, 0.4) is 0 Å². The summed E-state index contributed by atoms with van der Waals surface area (Å²) in [5.74, 6) is 1.25. The Labute approximate surface area is 159 Å². The normalized spacial score (nSPS) is 28.8. The summed E-state index contributed by atoms with van der Waals surface area (Å²) in [6.07, 6.45) is 3.80. The van der Waals surface area contributed by atoms with Crippen molar-refractivity contribution in [2.24, 2.45) is 5.73 Å². The highest BCUT2D eigenvalue weighted by Gasteiger charge is 2.42. The number of nitrogens with two attached hydrogens (primary N) is 1. The van der Waals surface area contributed by atoms with Gasteiger partial charge in [-0.3, -0.25) is 14.5 Å². The first kappa shape index (κ1) is 18.2. The minimum atomic E-state index is -0.115. The second-order valence-electron chi connectivity index (χ2n) is 7.70. The number of amides is 2. The fourth-order valence-corrected chi connectivity index (χ4v) is 4.45. The molecule has 146 valence electrons. The van der Waals surface area contributed by atoms with Crippen molar-refractivity contribution < 1.29 is 9.59 Å². The number of nitrogens with zero attached hydrogens (tertiary/aromatic N) is 4. The Balaban J connectivity index is 1.26. The maximum atomic E-state index is 12.7. The third kappa shape index (κ3) is 3.91. The standard InChI is InChI=1S/C19H28N6O2/c20-14-11-16-19(27)22-12-15(25(16)13-14)4-5-18(26)24-9-7-23(8-10-24)17-3-1-2-6-21-17/h1-3,6,14-16H,4-5,7-13,20H2,(H,22,27)/t14-,15+,16-/m0/s1. The van der Waals surface area contributed by atoms with Crippen molar-refractivity contribution >= 4 is 17.6 Å². The van der Waals surface area contributed by atoms with Gasteiger partial charge in [-0.2, -0.15) is 0 Å². The van der Waals surface area contributed by atoms with E-state index in [9.17, 15) is 9.59 Å². The molecule has 3 atom stereocenters. The predicted molar refractivity (Wildman–Crippen MR) is 102 cm³/mol. The van der Waals surface area contributed by atoms with Crippen molar-refractivity contribution in [3.63, 3.8) is 0 Å². The maximum Gasteiger partial charge on any atom is 0.237 e. The van der Waals surface area contributed by atoms with E-state index in [1.165, 1.54) is 0 Å². The number of hydrogen-bond acceptors (Lipinski definition) is 6. The van der Waals surface area contributed by atoms with Crippen molar-refractivity contribution in [3.8, 4) is 0 Å². The molecule has 3 fully saturated rings. The molecule has 0 spiro atoms. The molecular formula is C19H28N6O2. The monoisotopic (exact) mass is 372 g/mol. The van der Waals surface area contributed by atoms with Crippen LogP contribution in [0.25, 0.3) is 0 Å². The second-order valence-corrected chi connectivity index (χ2v) is 7.70. The van der Waals surface area contributed by atoms with Crippen molar-refractivity contribution in [3.05, 3.63) is 24.4 Å². The maximum absolute atomic E-state index is 12.7. The van der Waals surface area contributed by atoms with Gasteiger partial charge in [0.25, 0.3) is 0 Å². The average molecular weight is 372 g/mol. The first-order chi connectivity index (χ1) is 13.1. The van der Waals surface area contributed by atoms with Crippen LogP contribution in [-0.2, 0) is 9.59 Å². The summed E-state index contributed by atoms with van der Waals surface area (Å²) >= 11 is 0. The Hall–Kier alpha value is -2.19. The van der Waals surface area contributed by atoms with Crippen molar-refractivity contribution in [2.75, 3.05) is 44.2 Å². The molecule has 2 amide bonds. The van der Waals surface area contributed by atoms with E-state index in [-0.39, 0.29) is 29.9 Å². The fraction of sp³-hybridized carbons (Fsp3) is 0.632. The number of fused-ring (bicyclic) bond motifs is 1. The predicted octanol–water partition coefficient (Wildman–Crippen LogP) is -0.590. The molecule has 27 heavy (non-hydrogen) atoms. The molecule has 1 aromatic rings. The molecule has 3 saturated heterocycles. The van der Waals surface area contributed by atoms with Crippen LogP contribution in [0.5, 0.6) is 0 Å². The SMILES string of the molecule is N[C@H]1C[C@H]2C(=O)NC[C@@H](CCC(=O)N3CCN(c4ccccn4)CC3)N2C1. The van der Waals surface area contributed by atoms with Gasteiger partial charge in [0.05, 0.1) is 6.04 Å². The van der Waals surface area contributed by atoms with Crippen LogP contribution < -0.4 is 16.0 Å². The van der Waals surface area contributed by atoms with E-state index in [0.717, 1.165) is 45.0 Å². The molecule has 0 saturated carbocycles. The Morgan fingerprint density at radius 3 is 2.81 bits per heavy atom. The van der Waals surface area contributed by atoms with Crippen molar-refractivity contribution in [1.82, 2.24) is 20.1 Å².